The average molecular weight is 259 g/mol. The number of benzene rings is 1. The predicted molar refractivity (Wildman–Crippen MR) is 57.6 cm³/mol. The summed E-state index contributed by atoms with van der Waals surface area (Å²) in [6.45, 7) is 3.40. The Balaban J connectivity index is 2.81. The first-order valence-electron chi connectivity index (χ1n) is 4.44. The van der Waals surface area contributed by atoms with Gasteiger partial charge in [-0.3, -0.25) is 4.79 Å². The Bertz CT molecular complexity index is 329. The van der Waals surface area contributed by atoms with E-state index in [4.69, 9.17) is 0 Å². The maximum absolute atomic E-state index is 13.0. The summed E-state index contributed by atoms with van der Waals surface area (Å²) in [5, 5.41) is 0. The summed E-state index contributed by atoms with van der Waals surface area (Å²) < 4.78 is 13.7. The summed E-state index contributed by atoms with van der Waals surface area (Å²) in [6.07, 6.45) is 0.589. The molecule has 0 amide bonds. The number of ketones is 1. The van der Waals surface area contributed by atoms with Crippen molar-refractivity contribution in [3.8, 4) is 0 Å². The molecule has 0 aliphatic heterocycles. The van der Waals surface area contributed by atoms with E-state index < -0.39 is 0 Å². The van der Waals surface area contributed by atoms with Gasteiger partial charge in [0.15, 0.2) is 0 Å². The zero-order valence-corrected chi connectivity index (χ0v) is 9.77. The molecule has 0 aliphatic rings. The molecule has 1 rings (SSSR count). The van der Waals surface area contributed by atoms with Gasteiger partial charge in [0, 0.05) is 10.4 Å². The van der Waals surface area contributed by atoms with Gasteiger partial charge in [-0.15, -0.1) is 0 Å². The van der Waals surface area contributed by atoms with Gasteiger partial charge in [0.1, 0.15) is 11.6 Å². The number of rotatable bonds is 3. The lowest BCUT2D eigenvalue weighted by Crippen LogP contribution is -2.09. The first-order valence-corrected chi connectivity index (χ1v) is 5.23. The molecule has 0 aromatic heterocycles. The zero-order chi connectivity index (χ0) is 10.7. The number of carbonyl (C=O) groups is 1. The minimum absolute atomic E-state index is 0.0521. The molecule has 1 aromatic rings. The van der Waals surface area contributed by atoms with Gasteiger partial charge in [-0.25, -0.2) is 4.39 Å². The summed E-state index contributed by atoms with van der Waals surface area (Å²) in [5.41, 5.74) is 0.847. The van der Waals surface area contributed by atoms with Gasteiger partial charge in [-0.2, -0.15) is 0 Å². The van der Waals surface area contributed by atoms with Crippen LogP contribution in [0.3, 0.4) is 0 Å². The van der Waals surface area contributed by atoms with Gasteiger partial charge < -0.3 is 0 Å². The molecule has 3 heteroatoms. The third-order valence-electron chi connectivity index (χ3n) is 2.16. The second-order valence-corrected chi connectivity index (χ2v) is 4.41. The highest BCUT2D eigenvalue weighted by Crippen LogP contribution is 2.17. The van der Waals surface area contributed by atoms with E-state index in [0.29, 0.717) is 10.9 Å². The Morgan fingerprint density at radius 3 is 2.64 bits per heavy atom. The van der Waals surface area contributed by atoms with Crippen LogP contribution in [0.4, 0.5) is 4.39 Å². The number of carbonyl (C=O) groups excluding carboxylic acids is 1. The van der Waals surface area contributed by atoms with Gasteiger partial charge in [-0.05, 0) is 37.1 Å². The number of halogens is 2. The van der Waals surface area contributed by atoms with E-state index in [9.17, 15) is 9.18 Å². The molecule has 0 saturated heterocycles. The summed E-state index contributed by atoms with van der Waals surface area (Å²) in [4.78, 5) is 11.0. The van der Waals surface area contributed by atoms with Crippen LogP contribution in [0.1, 0.15) is 19.4 Å². The summed E-state index contributed by atoms with van der Waals surface area (Å²) in [7, 11) is 0. The van der Waals surface area contributed by atoms with Crippen molar-refractivity contribution >= 4 is 21.7 Å². The second-order valence-electron chi connectivity index (χ2n) is 3.49. The van der Waals surface area contributed by atoms with Crippen LogP contribution in [0, 0.1) is 11.7 Å². The fourth-order valence-corrected chi connectivity index (χ4v) is 1.74. The minimum atomic E-state index is -0.273. The fourth-order valence-electron chi connectivity index (χ4n) is 1.23. The highest BCUT2D eigenvalue weighted by molar-refractivity contribution is 9.10. The van der Waals surface area contributed by atoms with Gasteiger partial charge >= 0.3 is 0 Å². The molecule has 0 radical (unpaired) electrons. The Morgan fingerprint density at radius 1 is 1.50 bits per heavy atom. The van der Waals surface area contributed by atoms with E-state index in [1.54, 1.807) is 6.92 Å². The van der Waals surface area contributed by atoms with Crippen molar-refractivity contribution in [2.75, 3.05) is 0 Å². The van der Waals surface area contributed by atoms with Crippen molar-refractivity contribution in [3.05, 3.63) is 34.1 Å². The minimum Gasteiger partial charge on any atom is -0.300 e. The van der Waals surface area contributed by atoms with E-state index in [1.807, 2.05) is 13.0 Å². The van der Waals surface area contributed by atoms with E-state index in [0.717, 1.165) is 5.56 Å². The number of Topliss-reactive ketones (excluding diaryl/α,β-unsaturated/α-hetero) is 1. The first kappa shape index (κ1) is 11.4. The number of hydrogen-bond acceptors (Lipinski definition) is 1. The van der Waals surface area contributed by atoms with Crippen LogP contribution in [-0.4, -0.2) is 5.78 Å². The van der Waals surface area contributed by atoms with E-state index in [-0.39, 0.29) is 17.5 Å². The van der Waals surface area contributed by atoms with E-state index >= 15 is 0 Å². The first-order chi connectivity index (χ1) is 6.49. The Labute approximate surface area is 91.5 Å². The fraction of sp³-hybridized carbons (Fsp3) is 0.364. The van der Waals surface area contributed by atoms with Crippen LogP contribution >= 0.6 is 15.9 Å². The van der Waals surface area contributed by atoms with Crippen molar-refractivity contribution in [3.63, 3.8) is 0 Å². The summed E-state index contributed by atoms with van der Waals surface area (Å²) in [5.74, 6) is -0.195. The van der Waals surface area contributed by atoms with Crippen LogP contribution < -0.4 is 0 Å². The van der Waals surface area contributed by atoms with E-state index in [1.165, 1.54) is 12.1 Å². The second kappa shape index (κ2) is 4.69. The van der Waals surface area contributed by atoms with Crippen molar-refractivity contribution < 1.29 is 9.18 Å². The highest BCUT2D eigenvalue weighted by Gasteiger charge is 2.09. The Hall–Kier alpha value is -0.700. The maximum Gasteiger partial charge on any atom is 0.132 e. The van der Waals surface area contributed by atoms with Crippen molar-refractivity contribution in [2.24, 2.45) is 5.92 Å². The third-order valence-corrected chi connectivity index (χ3v) is 2.62. The van der Waals surface area contributed by atoms with Gasteiger partial charge in [0.05, 0.1) is 0 Å². The van der Waals surface area contributed by atoms with Crippen LogP contribution in [0.15, 0.2) is 22.7 Å². The quantitative estimate of drug-likeness (QED) is 0.813. The molecule has 76 valence electrons. The van der Waals surface area contributed by atoms with Gasteiger partial charge in [0.25, 0.3) is 0 Å². The smallest absolute Gasteiger partial charge is 0.132 e. The molecule has 1 aromatic carbocycles. The third kappa shape index (κ3) is 3.22. The van der Waals surface area contributed by atoms with Gasteiger partial charge in [0.2, 0.25) is 0 Å². The summed E-state index contributed by atoms with van der Waals surface area (Å²) in [6, 6.07) is 4.70. The Morgan fingerprint density at radius 2 is 2.14 bits per heavy atom. The van der Waals surface area contributed by atoms with Crippen molar-refractivity contribution in [1.82, 2.24) is 0 Å². The molecule has 0 fully saturated rings. The SMILES string of the molecule is CC(=O)C(C)Cc1cc(F)cc(Br)c1. The monoisotopic (exact) mass is 258 g/mol. The number of hydrogen-bond donors (Lipinski definition) is 0. The molecule has 14 heavy (non-hydrogen) atoms. The van der Waals surface area contributed by atoms with Crippen LogP contribution in [-0.2, 0) is 11.2 Å². The lowest BCUT2D eigenvalue weighted by Gasteiger charge is -2.07. The Kier molecular flexibility index (Phi) is 3.81. The standard InChI is InChI=1S/C11H12BrFO/c1-7(8(2)14)3-9-4-10(12)6-11(13)5-9/h4-7H,3H2,1-2H3. The van der Waals surface area contributed by atoms with Crippen LogP contribution in [0.25, 0.3) is 0 Å². The molecule has 1 nitrogen and oxygen atoms in total. The van der Waals surface area contributed by atoms with Crippen molar-refractivity contribution in [2.45, 2.75) is 20.3 Å². The van der Waals surface area contributed by atoms with Gasteiger partial charge in [-0.1, -0.05) is 22.9 Å². The molecule has 1 unspecified atom stereocenters. The summed E-state index contributed by atoms with van der Waals surface area (Å²) >= 11 is 3.21. The molecule has 1 atom stereocenters. The topological polar surface area (TPSA) is 17.1 Å². The van der Waals surface area contributed by atoms with Crippen molar-refractivity contribution in [1.29, 1.82) is 0 Å². The zero-order valence-electron chi connectivity index (χ0n) is 8.18. The predicted octanol–water partition coefficient (Wildman–Crippen LogP) is 3.36. The molecule has 0 saturated carbocycles. The maximum atomic E-state index is 13.0. The highest BCUT2D eigenvalue weighted by atomic mass is 79.9. The molecular weight excluding hydrogens is 247 g/mol. The largest absolute Gasteiger partial charge is 0.300 e. The lowest BCUT2D eigenvalue weighted by molar-refractivity contribution is -0.120. The molecule has 0 spiro atoms. The molecule has 0 heterocycles. The van der Waals surface area contributed by atoms with Crippen LogP contribution in [0.5, 0.6) is 0 Å². The van der Waals surface area contributed by atoms with E-state index in [2.05, 4.69) is 15.9 Å². The lowest BCUT2D eigenvalue weighted by atomic mass is 9.98. The van der Waals surface area contributed by atoms with Crippen LogP contribution in [0.2, 0.25) is 0 Å². The normalized spacial score (nSPS) is 12.6. The average Bonchev–Trinajstić information content (AvgIpc) is 2.01. The molecule has 0 N–H and O–H groups in total. The molecular formula is C11H12BrFO. The molecule has 0 aliphatic carbocycles. The molecule has 0 bridgehead atoms.